The van der Waals surface area contributed by atoms with Gasteiger partial charge in [0.25, 0.3) is 0 Å². The Kier molecular flexibility index (Phi) is 12.4. The van der Waals surface area contributed by atoms with E-state index in [4.69, 9.17) is 4.74 Å². The molecule has 0 spiro atoms. The highest BCUT2D eigenvalue weighted by Gasteiger charge is 2.07. The van der Waals surface area contributed by atoms with Crippen LogP contribution in [0.25, 0.3) is 0 Å². The molecule has 0 unspecified atom stereocenters. The molecule has 2 heteroatoms. The molecule has 2 nitrogen and oxygen atoms in total. The Morgan fingerprint density at radius 1 is 0.960 bits per heavy atom. The van der Waals surface area contributed by atoms with Crippen molar-refractivity contribution in [1.29, 1.82) is 0 Å². The summed E-state index contributed by atoms with van der Waals surface area (Å²) in [5, 5.41) is 9.54. The highest BCUT2D eigenvalue weighted by Crippen LogP contribution is 2.24. The van der Waals surface area contributed by atoms with Gasteiger partial charge in [-0.1, -0.05) is 61.8 Å². The molecule has 0 saturated carbocycles. The van der Waals surface area contributed by atoms with Crippen LogP contribution in [-0.4, -0.2) is 12.2 Å². The number of methoxy groups -OCH3 is 1. The lowest BCUT2D eigenvalue weighted by molar-refractivity contribution is 0.272. The van der Waals surface area contributed by atoms with E-state index >= 15 is 0 Å². The molecule has 0 aromatic heterocycles. The van der Waals surface area contributed by atoms with Crippen molar-refractivity contribution < 1.29 is 9.84 Å². The van der Waals surface area contributed by atoms with Crippen LogP contribution in [0.5, 0.6) is 5.75 Å². The van der Waals surface area contributed by atoms with Gasteiger partial charge in [-0.05, 0) is 50.2 Å². The number of hydrogen-bond acceptors (Lipinski definition) is 2. The first-order valence-electron chi connectivity index (χ1n) is 9.50. The molecular weight excluding hydrogens is 308 g/mol. The van der Waals surface area contributed by atoms with Gasteiger partial charge in [0.05, 0.1) is 13.7 Å². The number of aliphatic hydroxyl groups excluding tert-OH is 1. The minimum absolute atomic E-state index is 0.0501. The largest absolute Gasteiger partial charge is 0.496 e. The van der Waals surface area contributed by atoms with E-state index in [1.807, 2.05) is 18.2 Å². The van der Waals surface area contributed by atoms with E-state index in [0.717, 1.165) is 30.6 Å². The molecule has 0 bridgehead atoms. The van der Waals surface area contributed by atoms with Gasteiger partial charge in [0.2, 0.25) is 0 Å². The van der Waals surface area contributed by atoms with E-state index in [2.05, 4.69) is 36.9 Å². The number of unbranched alkanes of at least 4 members (excludes halogenated alkanes) is 5. The first-order valence-corrected chi connectivity index (χ1v) is 9.50. The first kappa shape index (κ1) is 21.2. The lowest BCUT2D eigenvalue weighted by Crippen LogP contribution is -1.98. The van der Waals surface area contributed by atoms with E-state index < -0.39 is 0 Å². The molecule has 0 aliphatic carbocycles. The fourth-order valence-corrected chi connectivity index (χ4v) is 2.91. The van der Waals surface area contributed by atoms with Crippen LogP contribution in [0, 0.1) is 0 Å². The fraction of sp³-hybridized carbons (Fsp3) is 0.478. The van der Waals surface area contributed by atoms with Crippen molar-refractivity contribution >= 4 is 0 Å². The van der Waals surface area contributed by atoms with Gasteiger partial charge < -0.3 is 9.84 Å². The Morgan fingerprint density at radius 3 is 2.44 bits per heavy atom. The highest BCUT2D eigenvalue weighted by atomic mass is 16.5. The molecule has 1 rings (SSSR count). The molecule has 0 atom stereocenters. The van der Waals surface area contributed by atoms with Crippen LogP contribution < -0.4 is 4.74 Å². The lowest BCUT2D eigenvalue weighted by Gasteiger charge is -2.11. The third kappa shape index (κ3) is 9.31. The second-order valence-electron chi connectivity index (χ2n) is 6.27. The van der Waals surface area contributed by atoms with E-state index in [9.17, 15) is 5.11 Å². The van der Waals surface area contributed by atoms with Crippen LogP contribution in [0.1, 0.15) is 62.5 Å². The molecule has 0 fully saturated rings. The average molecular weight is 343 g/mol. The molecule has 0 heterocycles. The SMILES string of the molecule is C=CC/C=C\C/C=C\CCCCCCCc1cccc(OC)c1CO. The average Bonchev–Trinajstić information content (AvgIpc) is 2.65. The van der Waals surface area contributed by atoms with Gasteiger partial charge in [-0.2, -0.15) is 0 Å². The van der Waals surface area contributed by atoms with Crippen LogP contribution >= 0.6 is 0 Å². The number of aliphatic hydroxyl groups is 1. The van der Waals surface area contributed by atoms with Gasteiger partial charge in [0.15, 0.2) is 0 Å². The highest BCUT2D eigenvalue weighted by molar-refractivity contribution is 5.39. The minimum atomic E-state index is 0.0501. The predicted molar refractivity (Wildman–Crippen MR) is 108 cm³/mol. The van der Waals surface area contributed by atoms with E-state index in [1.54, 1.807) is 7.11 Å². The molecule has 1 aromatic carbocycles. The second kappa shape index (κ2) is 14.5. The van der Waals surface area contributed by atoms with Crippen LogP contribution in [0.2, 0.25) is 0 Å². The van der Waals surface area contributed by atoms with Gasteiger partial charge in [-0.15, -0.1) is 6.58 Å². The monoisotopic (exact) mass is 342 g/mol. The molecule has 0 aliphatic rings. The Bertz CT molecular complexity index is 529. The minimum Gasteiger partial charge on any atom is -0.496 e. The number of hydrogen-bond donors (Lipinski definition) is 1. The summed E-state index contributed by atoms with van der Waals surface area (Å²) in [6.45, 7) is 3.75. The first-order chi connectivity index (χ1) is 12.3. The summed E-state index contributed by atoms with van der Waals surface area (Å²) in [7, 11) is 1.66. The van der Waals surface area contributed by atoms with Crippen molar-refractivity contribution in [3.63, 3.8) is 0 Å². The third-order valence-corrected chi connectivity index (χ3v) is 4.33. The second-order valence-corrected chi connectivity index (χ2v) is 6.27. The molecule has 1 aromatic rings. The lowest BCUT2D eigenvalue weighted by atomic mass is 10.00. The topological polar surface area (TPSA) is 29.5 Å². The maximum atomic E-state index is 9.54. The number of benzene rings is 1. The third-order valence-electron chi connectivity index (χ3n) is 4.33. The number of allylic oxidation sites excluding steroid dienone is 5. The molecular formula is C23H34O2. The maximum absolute atomic E-state index is 9.54. The van der Waals surface area contributed by atoms with Crippen molar-refractivity contribution in [3.05, 3.63) is 66.3 Å². The smallest absolute Gasteiger partial charge is 0.124 e. The molecule has 0 amide bonds. The zero-order chi connectivity index (χ0) is 18.2. The normalized spacial score (nSPS) is 11.4. The number of rotatable bonds is 14. The zero-order valence-corrected chi connectivity index (χ0v) is 15.8. The summed E-state index contributed by atoms with van der Waals surface area (Å²) in [6, 6.07) is 6.02. The van der Waals surface area contributed by atoms with Crippen molar-refractivity contribution in [3.8, 4) is 5.75 Å². The van der Waals surface area contributed by atoms with Crippen LogP contribution in [0.15, 0.2) is 55.2 Å². The summed E-state index contributed by atoms with van der Waals surface area (Å²) >= 11 is 0. The molecule has 138 valence electrons. The Labute approximate surface area is 153 Å². The molecule has 1 N–H and O–H groups in total. The van der Waals surface area contributed by atoms with Crippen molar-refractivity contribution in [2.24, 2.45) is 0 Å². The number of aryl methyl sites for hydroxylation is 1. The van der Waals surface area contributed by atoms with Gasteiger partial charge in [0.1, 0.15) is 5.75 Å². The van der Waals surface area contributed by atoms with Gasteiger partial charge >= 0.3 is 0 Å². The Morgan fingerprint density at radius 2 is 1.68 bits per heavy atom. The molecule has 0 radical (unpaired) electrons. The summed E-state index contributed by atoms with van der Waals surface area (Å²) in [5.41, 5.74) is 2.16. The fourth-order valence-electron chi connectivity index (χ4n) is 2.91. The van der Waals surface area contributed by atoms with Crippen molar-refractivity contribution in [2.75, 3.05) is 7.11 Å². The zero-order valence-electron chi connectivity index (χ0n) is 15.8. The van der Waals surface area contributed by atoms with Crippen LogP contribution in [0.4, 0.5) is 0 Å². The molecule has 25 heavy (non-hydrogen) atoms. The van der Waals surface area contributed by atoms with Crippen molar-refractivity contribution in [2.45, 2.75) is 64.4 Å². The molecule has 0 saturated heterocycles. The summed E-state index contributed by atoms with van der Waals surface area (Å²) in [4.78, 5) is 0. The Balaban J connectivity index is 2.09. The summed E-state index contributed by atoms with van der Waals surface area (Å²) in [5.74, 6) is 0.797. The van der Waals surface area contributed by atoms with E-state index in [1.165, 1.54) is 44.1 Å². The van der Waals surface area contributed by atoms with Gasteiger partial charge in [-0.3, -0.25) is 0 Å². The standard InChI is InChI=1S/C23H34O2/c1-3-4-5-6-7-8-9-10-11-12-13-14-15-17-21-18-16-19-23(25-2)22(21)20-24/h3,5-6,8-9,16,18-19,24H,1,4,7,10-15,17,20H2,2H3/b6-5-,9-8-. The van der Waals surface area contributed by atoms with Crippen molar-refractivity contribution in [1.82, 2.24) is 0 Å². The van der Waals surface area contributed by atoms with E-state index in [-0.39, 0.29) is 6.61 Å². The van der Waals surface area contributed by atoms with Crippen LogP contribution in [0.3, 0.4) is 0 Å². The van der Waals surface area contributed by atoms with Crippen LogP contribution in [-0.2, 0) is 13.0 Å². The van der Waals surface area contributed by atoms with Gasteiger partial charge in [-0.25, -0.2) is 0 Å². The summed E-state index contributed by atoms with van der Waals surface area (Å²) < 4.78 is 5.32. The van der Waals surface area contributed by atoms with E-state index in [0.29, 0.717) is 0 Å². The molecule has 0 aliphatic heterocycles. The van der Waals surface area contributed by atoms with Gasteiger partial charge in [0, 0.05) is 5.56 Å². The predicted octanol–water partition coefficient (Wildman–Crippen LogP) is 6.15. The quantitative estimate of drug-likeness (QED) is 0.324. The Hall–Kier alpha value is -1.80. The summed E-state index contributed by atoms with van der Waals surface area (Å²) in [6.07, 6.45) is 21.3. The number of ether oxygens (including phenoxy) is 1. The maximum Gasteiger partial charge on any atom is 0.124 e.